The molecule has 13 heteroatoms. The van der Waals surface area contributed by atoms with Gasteiger partial charge in [-0.3, -0.25) is 9.78 Å². The third kappa shape index (κ3) is 6.53. The van der Waals surface area contributed by atoms with Crippen LogP contribution in [0.5, 0.6) is 0 Å². The minimum Gasteiger partial charge on any atom is -0.465 e. The fraction of sp³-hybridized carbons (Fsp3) is 0.179. The van der Waals surface area contributed by atoms with Crippen LogP contribution in [0.3, 0.4) is 0 Å². The molecule has 1 fully saturated rings. The number of hydrogen-bond acceptors (Lipinski definition) is 10. The van der Waals surface area contributed by atoms with Crippen LogP contribution < -0.4 is 15.5 Å². The van der Waals surface area contributed by atoms with E-state index in [0.29, 0.717) is 66.1 Å². The molecule has 3 N–H and O–H groups in total. The topological polar surface area (TPSA) is 163 Å². The molecular formula is C28H26N8O5. The Hall–Kier alpha value is -5.59. The van der Waals surface area contributed by atoms with Gasteiger partial charge < -0.3 is 30.3 Å². The summed E-state index contributed by atoms with van der Waals surface area (Å²) in [5, 5.41) is 15.3. The van der Waals surface area contributed by atoms with E-state index in [-0.39, 0.29) is 5.91 Å². The Morgan fingerprint density at radius 3 is 2.32 bits per heavy atom. The maximum absolute atomic E-state index is 13.1. The van der Waals surface area contributed by atoms with Crippen molar-refractivity contribution in [3.63, 3.8) is 0 Å². The van der Waals surface area contributed by atoms with Crippen molar-refractivity contribution in [2.45, 2.75) is 0 Å². The maximum Gasteiger partial charge on any atom is 0.407 e. The van der Waals surface area contributed by atoms with Crippen molar-refractivity contribution in [1.82, 2.24) is 24.8 Å². The van der Waals surface area contributed by atoms with E-state index in [1.165, 1.54) is 24.1 Å². The van der Waals surface area contributed by atoms with Gasteiger partial charge in [-0.05, 0) is 42.5 Å². The first-order valence-electron chi connectivity index (χ1n) is 12.6. The van der Waals surface area contributed by atoms with Gasteiger partial charge in [0.25, 0.3) is 5.91 Å². The van der Waals surface area contributed by atoms with Crippen molar-refractivity contribution in [2.24, 2.45) is 0 Å². The molecule has 208 valence electrons. The molecule has 0 bridgehead atoms. The summed E-state index contributed by atoms with van der Waals surface area (Å²) in [4.78, 5) is 57.0. The monoisotopic (exact) mass is 554 g/mol. The third-order valence-corrected chi connectivity index (χ3v) is 6.39. The number of methoxy groups -OCH3 is 1. The van der Waals surface area contributed by atoms with Crippen molar-refractivity contribution in [1.29, 1.82) is 0 Å². The minimum atomic E-state index is -0.933. The number of benzene rings is 1. The standard InChI is InChI=1S/C28H26N8O5/c1-41-27(38)19-4-2-18(3-5-19)26(37)32-21-15-22(33-23(16-21)34-24-17-29-8-9-30-24)20-6-7-31-25(14-20)35-10-12-36(13-11-35)28(39)40/h2-9,14-17H,10-13H2,1H3,(H,39,40)(H2,30,32,33,34,37). The van der Waals surface area contributed by atoms with Gasteiger partial charge in [-0.2, -0.15) is 0 Å². The zero-order valence-electron chi connectivity index (χ0n) is 22.0. The lowest BCUT2D eigenvalue weighted by molar-refractivity contribution is 0.0600. The van der Waals surface area contributed by atoms with Crippen LogP contribution in [-0.4, -0.2) is 81.2 Å². The van der Waals surface area contributed by atoms with E-state index in [1.54, 1.807) is 49.1 Å². The molecule has 5 rings (SSSR count). The smallest absolute Gasteiger partial charge is 0.407 e. The molecule has 0 aliphatic carbocycles. The fourth-order valence-electron chi connectivity index (χ4n) is 4.27. The molecule has 4 heterocycles. The van der Waals surface area contributed by atoms with E-state index in [1.807, 2.05) is 17.0 Å². The van der Waals surface area contributed by atoms with E-state index in [4.69, 9.17) is 9.72 Å². The summed E-state index contributed by atoms with van der Waals surface area (Å²) in [6.45, 7) is 1.79. The first kappa shape index (κ1) is 27.0. The number of amides is 2. The second kappa shape index (κ2) is 12.1. The molecule has 0 saturated carbocycles. The van der Waals surface area contributed by atoms with Gasteiger partial charge in [0.15, 0.2) is 0 Å². The number of pyridine rings is 2. The highest BCUT2D eigenvalue weighted by molar-refractivity contribution is 6.05. The second-order valence-corrected chi connectivity index (χ2v) is 9.02. The van der Waals surface area contributed by atoms with E-state index < -0.39 is 12.1 Å². The Balaban J connectivity index is 1.42. The molecule has 13 nitrogen and oxygen atoms in total. The van der Waals surface area contributed by atoms with Gasteiger partial charge in [-0.1, -0.05) is 0 Å². The van der Waals surface area contributed by atoms with Crippen molar-refractivity contribution >= 4 is 41.1 Å². The molecule has 41 heavy (non-hydrogen) atoms. The fourth-order valence-corrected chi connectivity index (χ4v) is 4.27. The molecule has 1 saturated heterocycles. The number of esters is 1. The number of carbonyl (C=O) groups excluding carboxylic acids is 2. The minimum absolute atomic E-state index is 0.337. The lowest BCUT2D eigenvalue weighted by Gasteiger charge is -2.33. The summed E-state index contributed by atoms with van der Waals surface area (Å²) in [7, 11) is 1.29. The SMILES string of the molecule is COC(=O)c1ccc(C(=O)Nc2cc(Nc3cnccn3)nc(-c3ccnc(N4CCN(C(=O)O)CC4)c3)c2)cc1. The molecule has 3 aromatic heterocycles. The lowest BCUT2D eigenvalue weighted by atomic mass is 10.1. The highest BCUT2D eigenvalue weighted by Gasteiger charge is 2.21. The number of carboxylic acid groups (broad SMARTS) is 1. The average molecular weight is 555 g/mol. The Bertz CT molecular complexity index is 1560. The summed E-state index contributed by atoms with van der Waals surface area (Å²) in [5.41, 5.74) is 2.46. The molecule has 0 atom stereocenters. The van der Waals surface area contributed by atoms with Crippen molar-refractivity contribution in [2.75, 3.05) is 48.8 Å². The Morgan fingerprint density at radius 1 is 0.878 bits per heavy atom. The van der Waals surface area contributed by atoms with E-state index in [9.17, 15) is 19.5 Å². The number of nitrogens with zero attached hydrogens (tertiary/aromatic N) is 6. The van der Waals surface area contributed by atoms with E-state index >= 15 is 0 Å². The number of ether oxygens (including phenoxy) is 1. The van der Waals surface area contributed by atoms with Crippen molar-refractivity contribution in [3.05, 3.63) is 84.4 Å². The van der Waals surface area contributed by atoms with Crippen LogP contribution in [0.25, 0.3) is 11.3 Å². The Labute approximate surface area is 234 Å². The van der Waals surface area contributed by atoms with Crippen LogP contribution in [0.4, 0.5) is 27.9 Å². The number of rotatable bonds is 7. The summed E-state index contributed by atoms with van der Waals surface area (Å²) in [6.07, 6.45) is 5.39. The average Bonchev–Trinajstić information content (AvgIpc) is 3.01. The van der Waals surface area contributed by atoms with Crippen LogP contribution in [-0.2, 0) is 4.74 Å². The van der Waals surface area contributed by atoms with Crippen LogP contribution in [0.15, 0.2) is 73.3 Å². The van der Waals surface area contributed by atoms with Crippen LogP contribution in [0.2, 0.25) is 0 Å². The van der Waals surface area contributed by atoms with Crippen LogP contribution in [0.1, 0.15) is 20.7 Å². The van der Waals surface area contributed by atoms with Crippen molar-refractivity contribution < 1.29 is 24.2 Å². The van der Waals surface area contributed by atoms with Gasteiger partial charge >= 0.3 is 12.1 Å². The zero-order chi connectivity index (χ0) is 28.8. The number of piperazine rings is 1. The number of aromatic nitrogens is 4. The number of anilines is 4. The third-order valence-electron chi connectivity index (χ3n) is 6.39. The first-order chi connectivity index (χ1) is 19.9. The van der Waals surface area contributed by atoms with Crippen LogP contribution >= 0.6 is 0 Å². The van der Waals surface area contributed by atoms with Crippen LogP contribution in [0, 0.1) is 0 Å². The Morgan fingerprint density at radius 2 is 1.63 bits per heavy atom. The quantitative estimate of drug-likeness (QED) is 0.287. The normalized spacial score (nSPS) is 12.9. The largest absolute Gasteiger partial charge is 0.465 e. The van der Waals surface area contributed by atoms with Gasteiger partial charge in [0, 0.05) is 67.7 Å². The van der Waals surface area contributed by atoms with Crippen molar-refractivity contribution in [3.8, 4) is 11.3 Å². The van der Waals surface area contributed by atoms with Gasteiger partial charge in [0.2, 0.25) is 0 Å². The lowest BCUT2D eigenvalue weighted by Crippen LogP contribution is -2.48. The molecule has 0 radical (unpaired) electrons. The van der Waals surface area contributed by atoms with Gasteiger partial charge in [-0.15, -0.1) is 0 Å². The highest BCUT2D eigenvalue weighted by atomic mass is 16.5. The predicted octanol–water partition coefficient (Wildman–Crippen LogP) is 3.52. The summed E-state index contributed by atoms with van der Waals surface area (Å²) in [6, 6.07) is 13.2. The molecule has 0 unspecified atom stereocenters. The molecule has 1 aromatic carbocycles. The molecule has 0 spiro atoms. The maximum atomic E-state index is 13.1. The van der Waals surface area contributed by atoms with Gasteiger partial charge in [-0.25, -0.2) is 24.5 Å². The molecule has 1 aliphatic heterocycles. The van der Waals surface area contributed by atoms with Gasteiger partial charge in [0.1, 0.15) is 17.5 Å². The van der Waals surface area contributed by atoms with Gasteiger partial charge in [0.05, 0.1) is 24.6 Å². The molecule has 2 amide bonds. The molecular weight excluding hydrogens is 528 g/mol. The Kier molecular flexibility index (Phi) is 7.95. The zero-order valence-corrected chi connectivity index (χ0v) is 22.0. The molecule has 1 aliphatic rings. The van der Waals surface area contributed by atoms with E-state index in [0.717, 1.165) is 5.56 Å². The number of nitrogens with one attached hydrogen (secondary N) is 2. The number of carbonyl (C=O) groups is 3. The predicted molar refractivity (Wildman–Crippen MR) is 150 cm³/mol. The summed E-state index contributed by atoms with van der Waals surface area (Å²) < 4.78 is 4.71. The highest BCUT2D eigenvalue weighted by Crippen LogP contribution is 2.28. The first-order valence-corrected chi connectivity index (χ1v) is 12.6. The van der Waals surface area contributed by atoms with E-state index in [2.05, 4.69) is 25.6 Å². The number of hydrogen-bond donors (Lipinski definition) is 3. The molecule has 4 aromatic rings. The summed E-state index contributed by atoms with van der Waals surface area (Å²) in [5.74, 6) is 0.719. The summed E-state index contributed by atoms with van der Waals surface area (Å²) >= 11 is 0. The second-order valence-electron chi connectivity index (χ2n) is 9.02.